The molecule has 0 unspecified atom stereocenters. The van der Waals surface area contributed by atoms with Crippen molar-refractivity contribution in [3.63, 3.8) is 0 Å². The molecule has 1 heterocycles. The van der Waals surface area contributed by atoms with Gasteiger partial charge in [0.15, 0.2) is 0 Å². The van der Waals surface area contributed by atoms with Crippen molar-refractivity contribution in [3.8, 4) is 0 Å². The van der Waals surface area contributed by atoms with E-state index in [2.05, 4.69) is 34.5 Å². The second-order valence-electron chi connectivity index (χ2n) is 4.93. The molecule has 1 aromatic carbocycles. The number of thiophene rings is 1. The van der Waals surface area contributed by atoms with Crippen molar-refractivity contribution in [3.05, 3.63) is 51.2 Å². The zero-order valence-electron chi connectivity index (χ0n) is 10.7. The summed E-state index contributed by atoms with van der Waals surface area (Å²) >= 11 is 8.22. The van der Waals surface area contributed by atoms with Gasteiger partial charge in [-0.25, -0.2) is 0 Å². The van der Waals surface area contributed by atoms with Crippen LogP contribution in [0.1, 0.15) is 23.3 Å². The van der Waals surface area contributed by atoms with E-state index in [4.69, 9.17) is 17.3 Å². The number of halogens is 1. The Bertz CT molecular complexity index is 549. The van der Waals surface area contributed by atoms with E-state index in [9.17, 15) is 0 Å². The Kier molecular flexibility index (Phi) is 3.78. The van der Waals surface area contributed by atoms with Crippen molar-refractivity contribution < 1.29 is 0 Å². The summed E-state index contributed by atoms with van der Waals surface area (Å²) in [5.74, 6) is 0. The Labute approximate surface area is 122 Å². The first-order chi connectivity index (χ1) is 9.28. The second-order valence-corrected chi connectivity index (χ2v) is 6.37. The fourth-order valence-corrected chi connectivity index (χ4v) is 3.29. The van der Waals surface area contributed by atoms with E-state index in [1.807, 2.05) is 6.07 Å². The number of hydrogen-bond donors (Lipinski definition) is 1. The third-order valence-electron chi connectivity index (χ3n) is 3.45. The third kappa shape index (κ3) is 2.94. The van der Waals surface area contributed by atoms with Crippen LogP contribution in [0.2, 0.25) is 5.02 Å². The van der Waals surface area contributed by atoms with Crippen LogP contribution < -0.4 is 10.6 Å². The summed E-state index contributed by atoms with van der Waals surface area (Å²) in [6.07, 6.45) is 2.53. The second kappa shape index (κ2) is 5.53. The summed E-state index contributed by atoms with van der Waals surface area (Å²) in [5, 5.41) is 2.94. The van der Waals surface area contributed by atoms with E-state index in [1.165, 1.54) is 17.7 Å². The third-order valence-corrected chi connectivity index (χ3v) is 4.62. The van der Waals surface area contributed by atoms with Gasteiger partial charge in [-0.05, 0) is 42.0 Å². The standard InChI is InChI=1S/C15H17ClN2S/c16-14-8-11(9-17)3-6-15(14)18(12-4-5-12)10-13-2-1-7-19-13/h1-3,6-8,12H,4-5,9-10,17H2. The Balaban J connectivity index is 1.87. The first-order valence-corrected chi connectivity index (χ1v) is 7.81. The minimum atomic E-state index is 0.536. The molecule has 0 radical (unpaired) electrons. The maximum absolute atomic E-state index is 6.42. The normalized spacial score (nSPS) is 14.6. The molecule has 0 spiro atoms. The smallest absolute Gasteiger partial charge is 0.0643 e. The first kappa shape index (κ1) is 13.0. The molecule has 1 aromatic heterocycles. The molecule has 2 N–H and O–H groups in total. The lowest BCUT2D eigenvalue weighted by atomic mass is 10.2. The molecule has 2 aromatic rings. The van der Waals surface area contributed by atoms with Crippen LogP contribution >= 0.6 is 22.9 Å². The van der Waals surface area contributed by atoms with E-state index in [1.54, 1.807) is 11.3 Å². The Hall–Kier alpha value is -1.03. The first-order valence-electron chi connectivity index (χ1n) is 6.55. The molecular weight excluding hydrogens is 276 g/mol. The molecule has 4 heteroatoms. The van der Waals surface area contributed by atoms with Crippen LogP contribution in [-0.4, -0.2) is 6.04 Å². The highest BCUT2D eigenvalue weighted by molar-refractivity contribution is 7.09. The molecule has 1 saturated carbocycles. The quantitative estimate of drug-likeness (QED) is 0.901. The lowest BCUT2D eigenvalue weighted by molar-refractivity contribution is 0.803. The lowest BCUT2D eigenvalue weighted by Crippen LogP contribution is -2.24. The fourth-order valence-electron chi connectivity index (χ4n) is 2.28. The molecule has 1 aliphatic rings. The highest BCUT2D eigenvalue weighted by Crippen LogP contribution is 2.37. The van der Waals surface area contributed by atoms with Crippen molar-refractivity contribution in [1.82, 2.24) is 0 Å². The van der Waals surface area contributed by atoms with Crippen LogP contribution in [0.25, 0.3) is 0 Å². The number of nitrogens with two attached hydrogens (primary N) is 1. The van der Waals surface area contributed by atoms with E-state index in [-0.39, 0.29) is 0 Å². The summed E-state index contributed by atoms with van der Waals surface area (Å²) in [6.45, 7) is 1.48. The van der Waals surface area contributed by atoms with Gasteiger partial charge in [0, 0.05) is 17.5 Å². The zero-order valence-corrected chi connectivity index (χ0v) is 12.3. The summed E-state index contributed by atoms with van der Waals surface area (Å²) < 4.78 is 0. The fraction of sp³-hybridized carbons (Fsp3) is 0.333. The number of hydrogen-bond acceptors (Lipinski definition) is 3. The summed E-state index contributed by atoms with van der Waals surface area (Å²) in [4.78, 5) is 3.81. The molecule has 3 rings (SSSR count). The molecular formula is C15H17ClN2S. The van der Waals surface area contributed by atoms with Gasteiger partial charge in [0.05, 0.1) is 17.3 Å². The number of nitrogens with zero attached hydrogens (tertiary/aromatic N) is 1. The molecule has 1 aliphatic carbocycles. The van der Waals surface area contributed by atoms with Gasteiger partial charge in [0.1, 0.15) is 0 Å². The van der Waals surface area contributed by atoms with Crippen LogP contribution in [0.3, 0.4) is 0 Å². The largest absolute Gasteiger partial charge is 0.362 e. The van der Waals surface area contributed by atoms with Gasteiger partial charge in [-0.3, -0.25) is 0 Å². The number of benzene rings is 1. The minimum absolute atomic E-state index is 0.536. The van der Waals surface area contributed by atoms with Crippen LogP contribution in [0, 0.1) is 0 Å². The topological polar surface area (TPSA) is 29.3 Å². The Morgan fingerprint density at radius 2 is 2.16 bits per heavy atom. The van der Waals surface area contributed by atoms with Crippen LogP contribution in [0.5, 0.6) is 0 Å². The lowest BCUT2D eigenvalue weighted by Gasteiger charge is -2.25. The minimum Gasteiger partial charge on any atom is -0.362 e. The monoisotopic (exact) mass is 292 g/mol. The van der Waals surface area contributed by atoms with Gasteiger partial charge < -0.3 is 10.6 Å². The van der Waals surface area contributed by atoms with Gasteiger partial charge >= 0.3 is 0 Å². The average Bonchev–Trinajstić information content (AvgIpc) is 3.14. The zero-order chi connectivity index (χ0) is 13.2. The average molecular weight is 293 g/mol. The molecule has 100 valence electrons. The molecule has 2 nitrogen and oxygen atoms in total. The van der Waals surface area contributed by atoms with E-state index < -0.39 is 0 Å². The number of rotatable bonds is 5. The summed E-state index contributed by atoms with van der Waals surface area (Å²) in [7, 11) is 0. The molecule has 0 aliphatic heterocycles. The maximum Gasteiger partial charge on any atom is 0.0643 e. The van der Waals surface area contributed by atoms with Gasteiger partial charge in [-0.2, -0.15) is 0 Å². The summed E-state index contributed by atoms with van der Waals surface area (Å²) in [5.41, 5.74) is 7.87. The number of anilines is 1. The van der Waals surface area contributed by atoms with Gasteiger partial charge in [0.2, 0.25) is 0 Å². The van der Waals surface area contributed by atoms with Gasteiger partial charge in [-0.15, -0.1) is 11.3 Å². The highest BCUT2D eigenvalue weighted by atomic mass is 35.5. The molecule has 1 fully saturated rings. The van der Waals surface area contributed by atoms with Crippen LogP contribution in [0.4, 0.5) is 5.69 Å². The molecule has 0 amide bonds. The van der Waals surface area contributed by atoms with Crippen molar-refractivity contribution in [1.29, 1.82) is 0 Å². The van der Waals surface area contributed by atoms with Crippen molar-refractivity contribution in [2.24, 2.45) is 5.73 Å². The highest BCUT2D eigenvalue weighted by Gasteiger charge is 2.30. The van der Waals surface area contributed by atoms with Crippen LogP contribution in [-0.2, 0) is 13.1 Å². The predicted molar refractivity (Wildman–Crippen MR) is 82.9 cm³/mol. The van der Waals surface area contributed by atoms with E-state index in [0.717, 1.165) is 22.8 Å². The van der Waals surface area contributed by atoms with Crippen molar-refractivity contribution in [2.45, 2.75) is 32.0 Å². The van der Waals surface area contributed by atoms with Gasteiger partial charge in [0.25, 0.3) is 0 Å². The molecule has 0 atom stereocenters. The van der Waals surface area contributed by atoms with Crippen molar-refractivity contribution >= 4 is 28.6 Å². The Morgan fingerprint density at radius 3 is 2.74 bits per heavy atom. The Morgan fingerprint density at radius 1 is 1.32 bits per heavy atom. The molecule has 0 bridgehead atoms. The van der Waals surface area contributed by atoms with Crippen LogP contribution in [0.15, 0.2) is 35.7 Å². The van der Waals surface area contributed by atoms with Crippen molar-refractivity contribution in [2.75, 3.05) is 4.90 Å². The van der Waals surface area contributed by atoms with E-state index >= 15 is 0 Å². The molecule has 0 saturated heterocycles. The summed E-state index contributed by atoms with van der Waals surface area (Å²) in [6, 6.07) is 11.1. The van der Waals surface area contributed by atoms with Gasteiger partial charge in [-0.1, -0.05) is 23.7 Å². The predicted octanol–water partition coefficient (Wildman–Crippen LogP) is 4.03. The SMILES string of the molecule is NCc1ccc(N(Cc2cccs2)C2CC2)c(Cl)c1. The van der Waals surface area contributed by atoms with E-state index in [0.29, 0.717) is 12.6 Å². The maximum atomic E-state index is 6.42. The molecule has 19 heavy (non-hydrogen) atoms.